The second-order valence-corrected chi connectivity index (χ2v) is 6.12. The molecule has 1 atom stereocenters. The fourth-order valence-corrected chi connectivity index (χ4v) is 2.34. The number of nitrogens with zero attached hydrogens (tertiary/aromatic N) is 1. The minimum atomic E-state index is -0.646. The van der Waals surface area contributed by atoms with Gasteiger partial charge < -0.3 is 15.4 Å². The first-order valence-electron chi connectivity index (χ1n) is 7.64. The van der Waals surface area contributed by atoms with Crippen LogP contribution in [0.1, 0.15) is 6.92 Å². The van der Waals surface area contributed by atoms with Crippen molar-refractivity contribution in [1.29, 1.82) is 0 Å². The van der Waals surface area contributed by atoms with Gasteiger partial charge in [0.25, 0.3) is 11.6 Å². The molecule has 132 valence electrons. The summed E-state index contributed by atoms with van der Waals surface area (Å²) < 4.78 is 6.48. The SMILES string of the molecule is C[C@H](Oc1ccc(Br)cc1)C(=O)NCCNc1ccccc1[N+](=O)[O-]. The van der Waals surface area contributed by atoms with Gasteiger partial charge in [0.2, 0.25) is 0 Å². The molecule has 0 aliphatic carbocycles. The number of carbonyl (C=O) groups is 1. The lowest BCUT2D eigenvalue weighted by atomic mass is 10.2. The Morgan fingerprint density at radius 1 is 1.20 bits per heavy atom. The van der Waals surface area contributed by atoms with Crippen molar-refractivity contribution < 1.29 is 14.5 Å². The van der Waals surface area contributed by atoms with Crippen LogP contribution in [0.25, 0.3) is 0 Å². The molecule has 0 saturated carbocycles. The van der Waals surface area contributed by atoms with Crippen molar-refractivity contribution in [1.82, 2.24) is 5.32 Å². The van der Waals surface area contributed by atoms with Gasteiger partial charge in [-0.15, -0.1) is 0 Å². The first-order chi connectivity index (χ1) is 12.0. The normalized spacial score (nSPS) is 11.4. The third-order valence-corrected chi connectivity index (χ3v) is 3.86. The minimum absolute atomic E-state index is 0.000710. The summed E-state index contributed by atoms with van der Waals surface area (Å²) in [7, 11) is 0. The number of hydrogen-bond acceptors (Lipinski definition) is 5. The highest BCUT2D eigenvalue weighted by atomic mass is 79.9. The van der Waals surface area contributed by atoms with Gasteiger partial charge in [0.15, 0.2) is 6.10 Å². The lowest BCUT2D eigenvalue weighted by molar-refractivity contribution is -0.384. The standard InChI is InChI=1S/C17H18BrN3O4/c1-12(25-14-8-6-13(18)7-9-14)17(22)20-11-10-19-15-4-2-3-5-16(15)21(23)24/h2-9,12,19H,10-11H2,1H3,(H,20,22)/t12-/m0/s1. The van der Waals surface area contributed by atoms with E-state index in [1.165, 1.54) is 6.07 Å². The molecule has 7 nitrogen and oxygen atoms in total. The fourth-order valence-electron chi connectivity index (χ4n) is 2.08. The van der Waals surface area contributed by atoms with Gasteiger partial charge in [-0.2, -0.15) is 0 Å². The van der Waals surface area contributed by atoms with Gasteiger partial charge in [-0.05, 0) is 37.3 Å². The smallest absolute Gasteiger partial charge is 0.292 e. The highest BCUT2D eigenvalue weighted by Crippen LogP contribution is 2.22. The summed E-state index contributed by atoms with van der Waals surface area (Å²) in [5.74, 6) is 0.344. The molecule has 0 spiro atoms. The molecule has 2 rings (SSSR count). The monoisotopic (exact) mass is 407 g/mol. The summed E-state index contributed by atoms with van der Waals surface area (Å²) in [5, 5.41) is 16.6. The molecule has 0 bridgehead atoms. The Kier molecular flexibility index (Phi) is 6.76. The number of amides is 1. The van der Waals surface area contributed by atoms with Crippen molar-refractivity contribution in [3.8, 4) is 5.75 Å². The lowest BCUT2D eigenvalue weighted by Crippen LogP contribution is -2.38. The summed E-state index contributed by atoms with van der Waals surface area (Å²) in [6, 6.07) is 13.6. The molecule has 0 fully saturated rings. The lowest BCUT2D eigenvalue weighted by Gasteiger charge is -2.15. The first-order valence-corrected chi connectivity index (χ1v) is 8.44. The molecule has 1 amide bonds. The summed E-state index contributed by atoms with van der Waals surface area (Å²) in [6.45, 7) is 2.34. The molecule has 0 saturated heterocycles. The molecule has 8 heteroatoms. The first kappa shape index (κ1) is 18.7. The number of benzene rings is 2. The number of anilines is 1. The van der Waals surface area contributed by atoms with E-state index in [-0.39, 0.29) is 11.6 Å². The third kappa shape index (κ3) is 5.75. The van der Waals surface area contributed by atoms with Crippen LogP contribution in [0.5, 0.6) is 5.75 Å². The van der Waals surface area contributed by atoms with Crippen LogP contribution in [-0.4, -0.2) is 30.0 Å². The van der Waals surface area contributed by atoms with Gasteiger partial charge in [0.1, 0.15) is 11.4 Å². The van der Waals surface area contributed by atoms with Gasteiger partial charge in [0.05, 0.1) is 4.92 Å². The number of para-hydroxylation sites is 2. The number of halogens is 1. The Hall–Kier alpha value is -2.61. The van der Waals surface area contributed by atoms with E-state index in [1.807, 2.05) is 12.1 Å². The number of carbonyl (C=O) groups excluding carboxylic acids is 1. The Morgan fingerprint density at radius 3 is 2.56 bits per heavy atom. The van der Waals surface area contributed by atoms with Crippen LogP contribution in [-0.2, 0) is 4.79 Å². The molecule has 0 unspecified atom stereocenters. The van der Waals surface area contributed by atoms with Crippen molar-refractivity contribution in [2.75, 3.05) is 18.4 Å². The number of nitro groups is 1. The van der Waals surface area contributed by atoms with Gasteiger partial charge in [-0.25, -0.2) is 0 Å². The molecule has 0 aromatic heterocycles. The van der Waals surface area contributed by atoms with Crippen molar-refractivity contribution >= 4 is 33.2 Å². The molecule has 0 heterocycles. The molecular formula is C17H18BrN3O4. The molecule has 2 aromatic carbocycles. The quantitative estimate of drug-likeness (QED) is 0.397. The van der Waals surface area contributed by atoms with E-state index >= 15 is 0 Å². The van der Waals surface area contributed by atoms with E-state index in [9.17, 15) is 14.9 Å². The second kappa shape index (κ2) is 9.03. The molecule has 25 heavy (non-hydrogen) atoms. The van der Waals surface area contributed by atoms with Crippen LogP contribution < -0.4 is 15.4 Å². The van der Waals surface area contributed by atoms with Crippen molar-refractivity contribution in [3.63, 3.8) is 0 Å². The number of nitro benzene ring substituents is 1. The largest absolute Gasteiger partial charge is 0.481 e. The average molecular weight is 408 g/mol. The summed E-state index contributed by atoms with van der Waals surface area (Å²) in [6.07, 6.45) is -0.646. The van der Waals surface area contributed by atoms with E-state index in [2.05, 4.69) is 26.6 Å². The molecule has 0 aliphatic rings. The highest BCUT2D eigenvalue weighted by Gasteiger charge is 2.15. The zero-order chi connectivity index (χ0) is 18.2. The summed E-state index contributed by atoms with van der Waals surface area (Å²) in [5.41, 5.74) is 0.418. The van der Waals surface area contributed by atoms with E-state index in [4.69, 9.17) is 4.74 Å². The predicted molar refractivity (Wildman–Crippen MR) is 98.8 cm³/mol. The number of hydrogen-bond donors (Lipinski definition) is 2. The molecule has 2 aromatic rings. The van der Waals surface area contributed by atoms with Gasteiger partial charge in [0, 0.05) is 23.6 Å². The van der Waals surface area contributed by atoms with Gasteiger partial charge in [-0.1, -0.05) is 28.1 Å². The predicted octanol–water partition coefficient (Wildman–Crippen LogP) is 3.35. The van der Waals surface area contributed by atoms with E-state index in [1.54, 1.807) is 37.3 Å². The van der Waals surface area contributed by atoms with Crippen LogP contribution in [0.2, 0.25) is 0 Å². The number of ether oxygens (including phenoxy) is 1. The number of rotatable bonds is 8. The third-order valence-electron chi connectivity index (χ3n) is 3.34. The molecule has 0 aliphatic heterocycles. The Labute approximate surface area is 153 Å². The summed E-state index contributed by atoms with van der Waals surface area (Å²) in [4.78, 5) is 22.5. The second-order valence-electron chi connectivity index (χ2n) is 5.21. The maximum atomic E-state index is 12.0. The average Bonchev–Trinajstić information content (AvgIpc) is 2.60. The summed E-state index contributed by atoms with van der Waals surface area (Å²) >= 11 is 3.33. The minimum Gasteiger partial charge on any atom is -0.481 e. The Balaban J connectivity index is 1.76. The van der Waals surface area contributed by atoms with Crippen molar-refractivity contribution in [2.45, 2.75) is 13.0 Å². The molecule has 2 N–H and O–H groups in total. The molecule has 0 radical (unpaired) electrons. The zero-order valence-corrected chi connectivity index (χ0v) is 15.2. The van der Waals surface area contributed by atoms with E-state index in [0.29, 0.717) is 24.5 Å². The maximum absolute atomic E-state index is 12.0. The Morgan fingerprint density at radius 2 is 1.88 bits per heavy atom. The highest BCUT2D eigenvalue weighted by molar-refractivity contribution is 9.10. The maximum Gasteiger partial charge on any atom is 0.292 e. The topological polar surface area (TPSA) is 93.5 Å². The van der Waals surface area contributed by atoms with Crippen LogP contribution in [0.4, 0.5) is 11.4 Å². The van der Waals surface area contributed by atoms with Crippen LogP contribution in [0.15, 0.2) is 53.0 Å². The molecular weight excluding hydrogens is 390 g/mol. The fraction of sp³-hybridized carbons (Fsp3) is 0.235. The zero-order valence-electron chi connectivity index (χ0n) is 13.6. The van der Waals surface area contributed by atoms with Crippen LogP contribution in [0, 0.1) is 10.1 Å². The van der Waals surface area contributed by atoms with Gasteiger partial charge >= 0.3 is 0 Å². The Bertz CT molecular complexity index is 737. The van der Waals surface area contributed by atoms with Gasteiger partial charge in [-0.3, -0.25) is 14.9 Å². The van der Waals surface area contributed by atoms with Crippen molar-refractivity contribution in [2.24, 2.45) is 0 Å². The van der Waals surface area contributed by atoms with E-state index < -0.39 is 11.0 Å². The van der Waals surface area contributed by atoms with E-state index in [0.717, 1.165) is 4.47 Å². The van der Waals surface area contributed by atoms with Crippen LogP contribution >= 0.6 is 15.9 Å². The number of nitrogens with one attached hydrogen (secondary N) is 2. The van der Waals surface area contributed by atoms with Crippen molar-refractivity contribution in [3.05, 3.63) is 63.1 Å². The van der Waals surface area contributed by atoms with Crippen LogP contribution in [0.3, 0.4) is 0 Å².